The van der Waals surface area contributed by atoms with Crippen molar-refractivity contribution >= 4 is 6.21 Å². The average Bonchev–Trinajstić information content (AvgIpc) is 2.05. The van der Waals surface area contributed by atoms with E-state index < -0.39 is 0 Å². The Morgan fingerprint density at radius 2 is 2.30 bits per heavy atom. The molecule has 0 fully saturated rings. The number of aliphatic imine (C=N–C) groups is 1. The number of nitrogens with zero attached hydrogens (tertiary/aromatic N) is 1. The third-order valence-corrected chi connectivity index (χ3v) is 2.20. The highest BCUT2D eigenvalue weighted by Gasteiger charge is 2.15. The smallest absolute Gasteiger partial charge is 0.0262 e. The predicted octanol–water partition coefficient (Wildman–Crippen LogP) is 2.31. The Morgan fingerprint density at radius 3 is 3.20 bits per heavy atom. The third-order valence-electron chi connectivity index (χ3n) is 2.20. The van der Waals surface area contributed by atoms with Gasteiger partial charge in [0.25, 0.3) is 0 Å². The molecule has 1 unspecified atom stereocenters. The van der Waals surface area contributed by atoms with E-state index in [1.807, 2.05) is 12.4 Å². The summed E-state index contributed by atoms with van der Waals surface area (Å²) in [4.78, 5) is 4.14. The van der Waals surface area contributed by atoms with Crippen molar-refractivity contribution in [2.75, 3.05) is 0 Å². The molecule has 1 aliphatic carbocycles. The second-order valence-corrected chi connectivity index (χ2v) is 2.88. The zero-order valence-electron chi connectivity index (χ0n) is 5.96. The fraction of sp³-hybridized carbons (Fsp3) is 0.444. The summed E-state index contributed by atoms with van der Waals surface area (Å²) in [5.41, 5.74) is 1.52. The predicted molar refractivity (Wildman–Crippen MR) is 43.1 cm³/mol. The van der Waals surface area contributed by atoms with Crippen LogP contribution < -0.4 is 0 Å². The van der Waals surface area contributed by atoms with Gasteiger partial charge < -0.3 is 0 Å². The molecule has 1 aliphatic heterocycles. The summed E-state index contributed by atoms with van der Waals surface area (Å²) in [6, 6.07) is 0. The van der Waals surface area contributed by atoms with Gasteiger partial charge in [0.2, 0.25) is 0 Å². The van der Waals surface area contributed by atoms with Crippen molar-refractivity contribution in [3.05, 3.63) is 23.9 Å². The van der Waals surface area contributed by atoms with Crippen LogP contribution in [-0.4, -0.2) is 6.21 Å². The molecule has 0 aromatic heterocycles. The molecule has 0 radical (unpaired) electrons. The Kier molecular flexibility index (Phi) is 1.42. The van der Waals surface area contributed by atoms with Gasteiger partial charge in [0, 0.05) is 12.4 Å². The van der Waals surface area contributed by atoms with Crippen LogP contribution in [-0.2, 0) is 0 Å². The normalized spacial score (nSPS) is 29.6. The lowest BCUT2D eigenvalue weighted by molar-refractivity contribution is 0.615. The van der Waals surface area contributed by atoms with Gasteiger partial charge in [0.15, 0.2) is 0 Å². The van der Waals surface area contributed by atoms with Crippen LogP contribution in [0.3, 0.4) is 0 Å². The highest BCUT2D eigenvalue weighted by Crippen LogP contribution is 2.28. The summed E-state index contributed by atoms with van der Waals surface area (Å²) >= 11 is 0. The Morgan fingerprint density at radius 1 is 1.30 bits per heavy atom. The van der Waals surface area contributed by atoms with E-state index in [4.69, 9.17) is 0 Å². The second-order valence-electron chi connectivity index (χ2n) is 2.88. The minimum Gasteiger partial charge on any atom is -0.269 e. The van der Waals surface area contributed by atoms with Crippen LogP contribution >= 0.6 is 0 Å². The number of fused-ring (bicyclic) bond motifs is 1. The highest BCUT2D eigenvalue weighted by molar-refractivity contribution is 5.61. The van der Waals surface area contributed by atoms with Gasteiger partial charge in [-0.2, -0.15) is 0 Å². The molecule has 1 heterocycles. The fourth-order valence-corrected chi connectivity index (χ4v) is 1.54. The van der Waals surface area contributed by atoms with Crippen LogP contribution in [0, 0.1) is 5.92 Å². The molecule has 0 saturated carbocycles. The third kappa shape index (κ3) is 0.919. The van der Waals surface area contributed by atoms with Crippen molar-refractivity contribution in [1.82, 2.24) is 0 Å². The molecule has 1 nitrogen and oxygen atoms in total. The fourth-order valence-electron chi connectivity index (χ4n) is 1.54. The molecule has 1 atom stereocenters. The summed E-state index contributed by atoms with van der Waals surface area (Å²) in [5, 5.41) is 0. The van der Waals surface area contributed by atoms with E-state index in [1.54, 1.807) is 0 Å². The molecule has 1 heteroatoms. The van der Waals surface area contributed by atoms with Crippen LogP contribution in [0.15, 0.2) is 28.9 Å². The van der Waals surface area contributed by atoms with Crippen molar-refractivity contribution in [1.29, 1.82) is 0 Å². The van der Waals surface area contributed by atoms with Crippen LogP contribution in [0.4, 0.5) is 0 Å². The molecule has 0 N–H and O–H groups in total. The van der Waals surface area contributed by atoms with E-state index in [-0.39, 0.29) is 0 Å². The first-order valence-corrected chi connectivity index (χ1v) is 3.82. The maximum atomic E-state index is 4.14. The molecule has 2 rings (SSSR count). The summed E-state index contributed by atoms with van der Waals surface area (Å²) in [5.74, 6) is 0.780. The van der Waals surface area contributed by atoms with E-state index in [2.05, 4.69) is 17.1 Å². The van der Waals surface area contributed by atoms with E-state index in [9.17, 15) is 0 Å². The van der Waals surface area contributed by atoms with Crippen LogP contribution in [0.1, 0.15) is 19.3 Å². The van der Waals surface area contributed by atoms with Gasteiger partial charge in [-0.1, -0.05) is 12.2 Å². The summed E-state index contributed by atoms with van der Waals surface area (Å²) in [7, 11) is 0. The minimum atomic E-state index is 0.780. The van der Waals surface area contributed by atoms with Gasteiger partial charge in [-0.25, -0.2) is 0 Å². The molecular formula is C9H11N. The molecule has 2 aliphatic rings. The first-order chi connectivity index (χ1) is 4.97. The number of rotatable bonds is 0. The van der Waals surface area contributed by atoms with Crippen LogP contribution in [0.25, 0.3) is 0 Å². The van der Waals surface area contributed by atoms with Gasteiger partial charge in [0.05, 0.1) is 0 Å². The molecule has 0 saturated heterocycles. The number of hydrogen-bond donors (Lipinski definition) is 0. The SMILES string of the molecule is C1=CCC2CC=NC=C2C1. The summed E-state index contributed by atoms with van der Waals surface area (Å²) in [6.45, 7) is 0. The van der Waals surface area contributed by atoms with E-state index >= 15 is 0 Å². The summed E-state index contributed by atoms with van der Waals surface area (Å²) < 4.78 is 0. The van der Waals surface area contributed by atoms with E-state index in [1.165, 1.54) is 12.0 Å². The molecule has 0 amide bonds. The van der Waals surface area contributed by atoms with Gasteiger partial charge >= 0.3 is 0 Å². The molecule has 0 aromatic carbocycles. The zero-order chi connectivity index (χ0) is 6.81. The largest absolute Gasteiger partial charge is 0.269 e. The lowest BCUT2D eigenvalue weighted by atomic mass is 9.86. The van der Waals surface area contributed by atoms with E-state index in [0.29, 0.717) is 0 Å². The Balaban J connectivity index is 2.23. The quantitative estimate of drug-likeness (QED) is 0.450. The number of hydrogen-bond acceptors (Lipinski definition) is 1. The Labute approximate surface area is 61.2 Å². The topological polar surface area (TPSA) is 12.4 Å². The number of allylic oxidation sites excluding steroid dienone is 3. The van der Waals surface area contributed by atoms with Crippen molar-refractivity contribution in [2.24, 2.45) is 10.9 Å². The molecule has 0 bridgehead atoms. The first-order valence-electron chi connectivity index (χ1n) is 3.82. The maximum absolute atomic E-state index is 4.14. The average molecular weight is 133 g/mol. The Bertz CT molecular complexity index is 211. The van der Waals surface area contributed by atoms with Crippen molar-refractivity contribution in [3.8, 4) is 0 Å². The van der Waals surface area contributed by atoms with E-state index in [0.717, 1.165) is 18.8 Å². The van der Waals surface area contributed by atoms with Gasteiger partial charge in [0.1, 0.15) is 0 Å². The zero-order valence-corrected chi connectivity index (χ0v) is 5.96. The van der Waals surface area contributed by atoms with Gasteiger partial charge in [-0.15, -0.1) is 0 Å². The standard InChI is InChI=1S/C9H11N/c1-2-4-9-7-10-6-5-8(9)3-1/h1-2,6-8H,3-5H2. The van der Waals surface area contributed by atoms with Crippen molar-refractivity contribution in [2.45, 2.75) is 19.3 Å². The minimum absolute atomic E-state index is 0.780. The molecule has 52 valence electrons. The van der Waals surface area contributed by atoms with Crippen molar-refractivity contribution in [3.63, 3.8) is 0 Å². The van der Waals surface area contributed by atoms with Gasteiger partial charge in [-0.05, 0) is 30.8 Å². The molecule has 0 spiro atoms. The lowest BCUT2D eigenvalue weighted by Crippen LogP contribution is -2.09. The lowest BCUT2D eigenvalue weighted by Gasteiger charge is -2.21. The second kappa shape index (κ2) is 2.41. The molecule has 10 heavy (non-hydrogen) atoms. The van der Waals surface area contributed by atoms with Crippen molar-refractivity contribution < 1.29 is 0 Å². The summed E-state index contributed by atoms with van der Waals surface area (Å²) in [6.07, 6.45) is 12.1. The van der Waals surface area contributed by atoms with Crippen LogP contribution in [0.5, 0.6) is 0 Å². The molecule has 0 aromatic rings. The first kappa shape index (κ1) is 5.90. The monoisotopic (exact) mass is 133 g/mol. The molecular weight excluding hydrogens is 122 g/mol. The maximum Gasteiger partial charge on any atom is 0.0262 e. The van der Waals surface area contributed by atoms with Gasteiger partial charge in [-0.3, -0.25) is 4.99 Å². The highest BCUT2D eigenvalue weighted by atomic mass is 14.7. The Hall–Kier alpha value is -0.850. The van der Waals surface area contributed by atoms with Crippen LogP contribution in [0.2, 0.25) is 0 Å².